The molecule has 0 saturated carbocycles. The van der Waals surface area contributed by atoms with Crippen LogP contribution in [0.3, 0.4) is 0 Å². The highest BCUT2D eigenvalue weighted by molar-refractivity contribution is 14.1. The fraction of sp³-hybridized carbons (Fsp3) is 0.385. The van der Waals surface area contributed by atoms with Crippen molar-refractivity contribution in [1.29, 1.82) is 0 Å². The normalized spacial score (nSPS) is 19.6. The minimum atomic E-state index is -0.345. The zero-order valence-electron chi connectivity index (χ0n) is 10.1. The third-order valence-corrected chi connectivity index (χ3v) is 4.02. The predicted octanol–water partition coefficient (Wildman–Crippen LogP) is 1.64. The molecular formula is C13H15IN2O2. The molecule has 0 bridgehead atoms. The van der Waals surface area contributed by atoms with Crippen LogP contribution in [0, 0.1) is 3.57 Å². The highest BCUT2D eigenvalue weighted by atomic mass is 127. The molecule has 1 atom stereocenters. The van der Waals surface area contributed by atoms with Crippen LogP contribution in [0.2, 0.25) is 0 Å². The van der Waals surface area contributed by atoms with Crippen molar-refractivity contribution >= 4 is 34.4 Å². The van der Waals surface area contributed by atoms with Crippen molar-refractivity contribution in [3.8, 4) is 0 Å². The van der Waals surface area contributed by atoms with Gasteiger partial charge in [0.1, 0.15) is 6.04 Å². The predicted molar refractivity (Wildman–Crippen MR) is 77.3 cm³/mol. The van der Waals surface area contributed by atoms with E-state index < -0.39 is 0 Å². The lowest BCUT2D eigenvalue weighted by atomic mass is 10.1. The van der Waals surface area contributed by atoms with Crippen LogP contribution in [0.1, 0.15) is 23.7 Å². The number of piperazine rings is 1. The molecule has 2 rings (SSSR count). The van der Waals surface area contributed by atoms with E-state index in [9.17, 15) is 9.59 Å². The van der Waals surface area contributed by atoms with E-state index >= 15 is 0 Å². The maximum Gasteiger partial charge on any atom is 0.255 e. The maximum atomic E-state index is 12.5. The first-order valence-corrected chi connectivity index (χ1v) is 7.06. The number of hydrogen-bond donors (Lipinski definition) is 1. The van der Waals surface area contributed by atoms with Gasteiger partial charge in [-0.05, 0) is 41.1 Å². The Morgan fingerprint density at radius 1 is 1.50 bits per heavy atom. The molecule has 1 aromatic carbocycles. The summed E-state index contributed by atoms with van der Waals surface area (Å²) in [5, 5.41) is 2.80. The molecule has 0 aromatic heterocycles. The van der Waals surface area contributed by atoms with Crippen LogP contribution in [0.25, 0.3) is 0 Å². The smallest absolute Gasteiger partial charge is 0.255 e. The van der Waals surface area contributed by atoms with E-state index in [1.54, 1.807) is 4.90 Å². The number of amides is 2. The third kappa shape index (κ3) is 2.50. The lowest BCUT2D eigenvalue weighted by Gasteiger charge is -2.34. The molecule has 0 radical (unpaired) electrons. The Kier molecular flexibility index (Phi) is 4.21. The number of hydrogen-bond acceptors (Lipinski definition) is 2. The van der Waals surface area contributed by atoms with E-state index in [1.165, 1.54) is 0 Å². The Bertz CT molecular complexity index is 476. The molecule has 1 aromatic rings. The molecule has 4 nitrogen and oxygen atoms in total. The topological polar surface area (TPSA) is 49.4 Å². The number of halogens is 1. The zero-order chi connectivity index (χ0) is 13.1. The van der Waals surface area contributed by atoms with Gasteiger partial charge in [0.25, 0.3) is 5.91 Å². The van der Waals surface area contributed by atoms with Gasteiger partial charge in [-0.15, -0.1) is 0 Å². The van der Waals surface area contributed by atoms with Crippen LogP contribution in [0.4, 0.5) is 0 Å². The molecule has 2 amide bonds. The molecule has 1 N–H and O–H groups in total. The summed E-state index contributed by atoms with van der Waals surface area (Å²) in [6.45, 7) is 3.03. The molecule has 1 aliphatic rings. The molecule has 1 aliphatic heterocycles. The molecular weight excluding hydrogens is 343 g/mol. The first-order chi connectivity index (χ1) is 8.65. The Balaban J connectivity index is 2.27. The van der Waals surface area contributed by atoms with Crippen LogP contribution in [-0.4, -0.2) is 35.8 Å². The van der Waals surface area contributed by atoms with Crippen molar-refractivity contribution in [1.82, 2.24) is 10.2 Å². The summed E-state index contributed by atoms with van der Waals surface area (Å²) < 4.78 is 0.918. The van der Waals surface area contributed by atoms with Gasteiger partial charge in [-0.2, -0.15) is 0 Å². The molecule has 96 valence electrons. The Labute approximate surface area is 120 Å². The molecule has 5 heteroatoms. The Morgan fingerprint density at radius 2 is 2.22 bits per heavy atom. The van der Waals surface area contributed by atoms with Crippen LogP contribution in [-0.2, 0) is 4.79 Å². The number of nitrogens with zero attached hydrogens (tertiary/aromatic N) is 1. The van der Waals surface area contributed by atoms with Gasteiger partial charge in [-0.1, -0.05) is 19.1 Å². The summed E-state index contributed by atoms with van der Waals surface area (Å²) in [6.07, 6.45) is 0.640. The lowest BCUT2D eigenvalue weighted by molar-refractivity contribution is -0.127. The fourth-order valence-electron chi connectivity index (χ4n) is 2.15. The average molecular weight is 358 g/mol. The fourth-order valence-corrected chi connectivity index (χ4v) is 2.77. The molecule has 1 heterocycles. The van der Waals surface area contributed by atoms with Gasteiger partial charge in [0, 0.05) is 16.7 Å². The Hall–Kier alpha value is -1.11. The van der Waals surface area contributed by atoms with E-state index in [4.69, 9.17) is 0 Å². The molecule has 1 saturated heterocycles. The van der Waals surface area contributed by atoms with E-state index in [-0.39, 0.29) is 17.9 Å². The minimum Gasteiger partial charge on any atom is -0.353 e. The molecule has 1 fully saturated rings. The van der Waals surface area contributed by atoms with Gasteiger partial charge in [-0.3, -0.25) is 9.59 Å². The van der Waals surface area contributed by atoms with Crippen LogP contribution in [0.15, 0.2) is 24.3 Å². The van der Waals surface area contributed by atoms with Gasteiger partial charge < -0.3 is 10.2 Å². The van der Waals surface area contributed by atoms with Crippen molar-refractivity contribution < 1.29 is 9.59 Å². The van der Waals surface area contributed by atoms with Crippen molar-refractivity contribution in [3.05, 3.63) is 33.4 Å². The van der Waals surface area contributed by atoms with Crippen LogP contribution < -0.4 is 5.32 Å². The molecule has 0 spiro atoms. The van der Waals surface area contributed by atoms with Crippen LogP contribution in [0.5, 0.6) is 0 Å². The van der Waals surface area contributed by atoms with Gasteiger partial charge in [0.05, 0.1) is 5.56 Å². The van der Waals surface area contributed by atoms with E-state index in [1.807, 2.05) is 31.2 Å². The highest BCUT2D eigenvalue weighted by Crippen LogP contribution is 2.18. The van der Waals surface area contributed by atoms with Gasteiger partial charge in [0.15, 0.2) is 0 Å². The van der Waals surface area contributed by atoms with Crippen molar-refractivity contribution in [2.75, 3.05) is 13.1 Å². The maximum absolute atomic E-state index is 12.5. The summed E-state index contributed by atoms with van der Waals surface area (Å²) >= 11 is 2.15. The second-order valence-corrected chi connectivity index (χ2v) is 5.36. The average Bonchev–Trinajstić information content (AvgIpc) is 2.38. The second kappa shape index (κ2) is 5.69. The van der Waals surface area contributed by atoms with E-state index in [2.05, 4.69) is 27.9 Å². The SMILES string of the molecule is CCC1C(=O)NCCN1C(=O)c1ccccc1I. The number of carbonyl (C=O) groups excluding carboxylic acids is 2. The standard InChI is InChI=1S/C13H15IN2O2/c1-2-11-12(17)15-7-8-16(11)13(18)9-5-3-4-6-10(9)14/h3-6,11H,2,7-8H2,1H3,(H,15,17). The van der Waals surface area contributed by atoms with E-state index in [0.29, 0.717) is 25.1 Å². The largest absolute Gasteiger partial charge is 0.353 e. The summed E-state index contributed by atoms with van der Waals surface area (Å²) in [7, 11) is 0. The molecule has 1 unspecified atom stereocenters. The third-order valence-electron chi connectivity index (χ3n) is 3.08. The van der Waals surface area contributed by atoms with Crippen molar-refractivity contribution in [3.63, 3.8) is 0 Å². The molecule has 18 heavy (non-hydrogen) atoms. The second-order valence-electron chi connectivity index (χ2n) is 4.19. The van der Waals surface area contributed by atoms with Gasteiger partial charge in [0.2, 0.25) is 5.91 Å². The monoisotopic (exact) mass is 358 g/mol. The van der Waals surface area contributed by atoms with Crippen LogP contribution >= 0.6 is 22.6 Å². The number of nitrogens with one attached hydrogen (secondary N) is 1. The summed E-state index contributed by atoms with van der Waals surface area (Å²) in [6, 6.07) is 7.11. The first kappa shape index (κ1) is 13.3. The Morgan fingerprint density at radius 3 is 2.89 bits per heavy atom. The van der Waals surface area contributed by atoms with Crippen molar-refractivity contribution in [2.45, 2.75) is 19.4 Å². The minimum absolute atomic E-state index is 0.0527. The highest BCUT2D eigenvalue weighted by Gasteiger charge is 2.32. The summed E-state index contributed by atoms with van der Waals surface area (Å²) in [5.74, 6) is -0.107. The van der Waals surface area contributed by atoms with Crippen molar-refractivity contribution in [2.24, 2.45) is 0 Å². The quantitative estimate of drug-likeness (QED) is 0.818. The van der Waals surface area contributed by atoms with Gasteiger partial charge in [-0.25, -0.2) is 0 Å². The summed E-state index contributed by atoms with van der Waals surface area (Å²) in [5.41, 5.74) is 0.672. The number of carbonyl (C=O) groups is 2. The zero-order valence-corrected chi connectivity index (χ0v) is 12.3. The van der Waals surface area contributed by atoms with Gasteiger partial charge >= 0.3 is 0 Å². The summed E-state index contributed by atoms with van der Waals surface area (Å²) in [4.78, 5) is 25.9. The number of benzene rings is 1. The van der Waals surface area contributed by atoms with E-state index in [0.717, 1.165) is 3.57 Å². The number of rotatable bonds is 2. The molecule has 0 aliphatic carbocycles. The lowest BCUT2D eigenvalue weighted by Crippen LogP contribution is -2.57. The first-order valence-electron chi connectivity index (χ1n) is 5.98.